The second kappa shape index (κ2) is 10.1. The minimum absolute atomic E-state index is 0.0328. The normalized spacial score (nSPS) is 11.8. The van der Waals surface area contributed by atoms with E-state index in [0.717, 1.165) is 5.69 Å². The highest BCUT2D eigenvalue weighted by Crippen LogP contribution is 2.42. The highest BCUT2D eigenvalue weighted by molar-refractivity contribution is 5.72. The summed E-state index contributed by atoms with van der Waals surface area (Å²) in [6, 6.07) is 4.49. The molecule has 0 aliphatic rings. The van der Waals surface area contributed by atoms with Crippen LogP contribution < -0.4 is 15.0 Å². The van der Waals surface area contributed by atoms with Crippen LogP contribution in [-0.2, 0) is 22.5 Å². The van der Waals surface area contributed by atoms with Gasteiger partial charge in [0.15, 0.2) is 11.5 Å². The van der Waals surface area contributed by atoms with Gasteiger partial charge in [0.1, 0.15) is 5.75 Å². The Bertz CT molecular complexity index is 1160. The van der Waals surface area contributed by atoms with Crippen LogP contribution >= 0.6 is 0 Å². The number of aromatic hydroxyl groups is 2. The minimum atomic E-state index is -0.882. The van der Waals surface area contributed by atoms with Gasteiger partial charge in [0.2, 0.25) is 5.75 Å². The van der Waals surface area contributed by atoms with Crippen molar-refractivity contribution in [2.75, 3.05) is 21.3 Å². The number of aromatic amines is 1. The van der Waals surface area contributed by atoms with E-state index in [1.54, 1.807) is 19.4 Å². The predicted molar refractivity (Wildman–Crippen MR) is 119 cm³/mol. The van der Waals surface area contributed by atoms with Crippen molar-refractivity contribution >= 4 is 5.97 Å². The lowest BCUT2D eigenvalue weighted by atomic mass is 9.87. The zero-order valence-corrected chi connectivity index (χ0v) is 18.9. The number of nitrogens with zero attached hydrogens (tertiary/aromatic N) is 2. The average Bonchev–Trinajstić information content (AvgIpc) is 3.31. The molecule has 0 bridgehead atoms. The molecule has 2 aromatic heterocycles. The molecule has 0 aliphatic carbocycles. The third-order valence-electron chi connectivity index (χ3n) is 5.53. The van der Waals surface area contributed by atoms with Crippen LogP contribution in [-0.4, -0.2) is 52.0 Å². The molecule has 1 atom stereocenters. The second-order valence-electron chi connectivity index (χ2n) is 7.48. The summed E-state index contributed by atoms with van der Waals surface area (Å²) in [5.41, 5.74) is 1.45. The number of aromatic nitrogens is 3. The maximum atomic E-state index is 13.5. The number of rotatable bonds is 9. The Hall–Kier alpha value is -3.95. The molecule has 0 aliphatic heterocycles. The van der Waals surface area contributed by atoms with Crippen LogP contribution in [0.1, 0.15) is 34.9 Å². The number of ether oxygens (including phenoxy) is 3. The Morgan fingerprint density at radius 3 is 2.36 bits per heavy atom. The highest BCUT2D eigenvalue weighted by atomic mass is 16.5. The Labute approximate surface area is 190 Å². The number of phenols is 1. The van der Waals surface area contributed by atoms with Crippen LogP contribution in [0, 0.1) is 6.92 Å². The van der Waals surface area contributed by atoms with Crippen LogP contribution in [0.3, 0.4) is 0 Å². The average molecular weight is 457 g/mol. The molecule has 1 aromatic carbocycles. The van der Waals surface area contributed by atoms with E-state index in [-0.39, 0.29) is 35.0 Å². The maximum Gasteiger partial charge on any atom is 0.306 e. The largest absolute Gasteiger partial charge is 0.507 e. The van der Waals surface area contributed by atoms with Crippen molar-refractivity contribution in [1.29, 1.82) is 0 Å². The van der Waals surface area contributed by atoms with E-state index in [4.69, 9.17) is 14.2 Å². The van der Waals surface area contributed by atoms with Gasteiger partial charge in [-0.2, -0.15) is 0 Å². The molecule has 0 fully saturated rings. The summed E-state index contributed by atoms with van der Waals surface area (Å²) < 4.78 is 16.8. The van der Waals surface area contributed by atoms with Crippen molar-refractivity contribution in [3.05, 3.63) is 63.6 Å². The Morgan fingerprint density at radius 2 is 1.82 bits per heavy atom. The van der Waals surface area contributed by atoms with Crippen molar-refractivity contribution in [1.82, 2.24) is 14.5 Å². The summed E-state index contributed by atoms with van der Waals surface area (Å²) in [5.74, 6) is -1.71. The summed E-state index contributed by atoms with van der Waals surface area (Å²) in [6.07, 6.45) is 3.54. The Morgan fingerprint density at radius 1 is 1.15 bits per heavy atom. The lowest BCUT2D eigenvalue weighted by Crippen LogP contribution is -2.29. The predicted octanol–water partition coefficient (Wildman–Crippen LogP) is 2.25. The molecule has 10 heteroatoms. The number of phenolic OH excluding ortho intramolecular Hbond substituents is 1. The molecule has 3 aromatic rings. The van der Waals surface area contributed by atoms with Gasteiger partial charge in [-0.15, -0.1) is 0 Å². The SMILES string of the molecule is COC(=O)C[C@H](c1cc(OC)c(O)c(OC)c1)c1c(O)cc(C)n(CCc2cnc[nH]2)c1=O. The molecule has 2 heterocycles. The number of hydrogen-bond donors (Lipinski definition) is 3. The topological polar surface area (TPSA) is 136 Å². The van der Waals surface area contributed by atoms with Crippen molar-refractivity contribution < 1.29 is 29.2 Å². The lowest BCUT2D eigenvalue weighted by molar-refractivity contribution is -0.140. The number of aryl methyl sites for hydroxylation is 2. The van der Waals surface area contributed by atoms with Gasteiger partial charge in [-0.25, -0.2) is 4.98 Å². The van der Waals surface area contributed by atoms with Gasteiger partial charge in [0, 0.05) is 36.5 Å². The molecule has 0 saturated carbocycles. The van der Waals surface area contributed by atoms with Gasteiger partial charge in [0.05, 0.1) is 39.6 Å². The fraction of sp³-hybridized carbons (Fsp3) is 0.348. The molecule has 0 radical (unpaired) electrons. The molecule has 0 spiro atoms. The fourth-order valence-corrected chi connectivity index (χ4v) is 3.78. The number of pyridine rings is 1. The number of nitrogens with one attached hydrogen (secondary N) is 1. The summed E-state index contributed by atoms with van der Waals surface area (Å²) in [7, 11) is 3.99. The fourth-order valence-electron chi connectivity index (χ4n) is 3.78. The molecule has 176 valence electrons. The van der Waals surface area contributed by atoms with Gasteiger partial charge in [0.25, 0.3) is 5.56 Å². The second-order valence-corrected chi connectivity index (χ2v) is 7.48. The van der Waals surface area contributed by atoms with E-state index in [9.17, 15) is 19.8 Å². The van der Waals surface area contributed by atoms with E-state index in [1.807, 2.05) is 0 Å². The zero-order chi connectivity index (χ0) is 24.1. The van der Waals surface area contributed by atoms with E-state index >= 15 is 0 Å². The Balaban J connectivity index is 2.16. The molecular formula is C23H27N3O7. The van der Waals surface area contributed by atoms with Gasteiger partial charge in [-0.1, -0.05) is 0 Å². The van der Waals surface area contributed by atoms with Crippen molar-refractivity contribution in [2.45, 2.75) is 32.2 Å². The first-order valence-corrected chi connectivity index (χ1v) is 10.2. The number of imidazole rings is 1. The molecule has 0 saturated heterocycles. The van der Waals surface area contributed by atoms with E-state index in [2.05, 4.69) is 9.97 Å². The van der Waals surface area contributed by atoms with Gasteiger partial charge in [-0.05, 0) is 30.7 Å². The maximum absolute atomic E-state index is 13.5. The van der Waals surface area contributed by atoms with Gasteiger partial charge in [-0.3, -0.25) is 9.59 Å². The zero-order valence-electron chi connectivity index (χ0n) is 18.9. The van der Waals surface area contributed by atoms with Crippen molar-refractivity contribution in [2.24, 2.45) is 0 Å². The quantitative estimate of drug-likeness (QED) is 0.416. The molecule has 3 N–H and O–H groups in total. The minimum Gasteiger partial charge on any atom is -0.507 e. The molecule has 0 unspecified atom stereocenters. The van der Waals surface area contributed by atoms with E-state index in [0.29, 0.717) is 24.2 Å². The first kappa shape index (κ1) is 23.7. The molecule has 10 nitrogen and oxygen atoms in total. The van der Waals surface area contributed by atoms with E-state index < -0.39 is 17.4 Å². The molecular weight excluding hydrogens is 430 g/mol. The van der Waals surface area contributed by atoms with Crippen LogP contribution in [0.5, 0.6) is 23.0 Å². The number of methoxy groups -OCH3 is 3. The highest BCUT2D eigenvalue weighted by Gasteiger charge is 2.28. The van der Waals surface area contributed by atoms with E-state index in [1.165, 1.54) is 44.1 Å². The first-order chi connectivity index (χ1) is 15.8. The number of carbonyl (C=O) groups excluding carboxylic acids is 1. The van der Waals surface area contributed by atoms with Crippen molar-refractivity contribution in [3.8, 4) is 23.0 Å². The first-order valence-electron chi connectivity index (χ1n) is 10.2. The molecule has 33 heavy (non-hydrogen) atoms. The van der Waals surface area contributed by atoms with Gasteiger partial charge < -0.3 is 34.0 Å². The third kappa shape index (κ3) is 4.94. The molecule has 3 rings (SSSR count). The van der Waals surface area contributed by atoms with Crippen LogP contribution in [0.4, 0.5) is 0 Å². The summed E-state index contributed by atoms with van der Waals surface area (Å²) in [6.45, 7) is 2.06. The molecule has 0 amide bonds. The van der Waals surface area contributed by atoms with Crippen molar-refractivity contribution in [3.63, 3.8) is 0 Å². The number of H-pyrrole nitrogens is 1. The van der Waals surface area contributed by atoms with Crippen LogP contribution in [0.25, 0.3) is 0 Å². The lowest BCUT2D eigenvalue weighted by Gasteiger charge is -2.22. The number of carbonyl (C=O) groups is 1. The summed E-state index contributed by atoms with van der Waals surface area (Å²) in [4.78, 5) is 32.8. The third-order valence-corrected chi connectivity index (χ3v) is 5.53. The Kier molecular flexibility index (Phi) is 7.27. The van der Waals surface area contributed by atoms with Crippen LogP contribution in [0.15, 0.2) is 35.5 Å². The van der Waals surface area contributed by atoms with Crippen LogP contribution in [0.2, 0.25) is 0 Å². The smallest absolute Gasteiger partial charge is 0.306 e. The number of esters is 1. The summed E-state index contributed by atoms with van der Waals surface area (Å²) >= 11 is 0. The number of hydrogen-bond acceptors (Lipinski definition) is 8. The number of benzene rings is 1. The monoisotopic (exact) mass is 457 g/mol. The standard InChI is InChI=1S/C23H27N3O7/c1-13-7-17(27)21(23(30)26(13)6-5-15-11-24-12-25-15)16(10-20(28)33-4)14-8-18(31-2)22(29)19(9-14)32-3/h7-9,11-12,16,27,29H,5-6,10H2,1-4H3,(H,24,25)/t16-/m1/s1. The van der Waals surface area contributed by atoms with Gasteiger partial charge >= 0.3 is 5.97 Å². The summed E-state index contributed by atoms with van der Waals surface area (Å²) in [5, 5.41) is 21.1.